The van der Waals surface area contributed by atoms with Gasteiger partial charge in [-0.15, -0.1) is 0 Å². The van der Waals surface area contributed by atoms with Crippen LogP contribution in [0.5, 0.6) is 0 Å². The molecule has 2 atom stereocenters. The van der Waals surface area contributed by atoms with E-state index in [0.29, 0.717) is 6.04 Å². The fraction of sp³-hybridized carbons (Fsp3) is 0.636. The second kappa shape index (κ2) is 8.05. The van der Waals surface area contributed by atoms with E-state index in [1.165, 1.54) is 5.57 Å². The van der Waals surface area contributed by atoms with Crippen molar-refractivity contribution >= 4 is 33.8 Å². The predicted octanol–water partition coefficient (Wildman–Crippen LogP) is 4.92. The average molecular weight is 435 g/mol. The zero-order valence-corrected chi connectivity index (χ0v) is 19.6. The molecule has 0 radical (unpaired) electrons. The molecular formula is C22H31ClN4OS. The Kier molecular flexibility index (Phi) is 5.79. The zero-order valence-electron chi connectivity index (χ0n) is 18.0. The fourth-order valence-corrected chi connectivity index (χ4v) is 5.79. The lowest BCUT2D eigenvalue weighted by Crippen LogP contribution is -2.48. The van der Waals surface area contributed by atoms with Gasteiger partial charge in [0.2, 0.25) is 0 Å². The van der Waals surface area contributed by atoms with Crippen molar-refractivity contribution in [2.24, 2.45) is 4.99 Å². The number of thiazole rings is 1. The summed E-state index contributed by atoms with van der Waals surface area (Å²) in [5.41, 5.74) is 3.94. The number of halogens is 1. The van der Waals surface area contributed by atoms with Gasteiger partial charge >= 0.3 is 0 Å². The predicted molar refractivity (Wildman–Crippen MR) is 123 cm³/mol. The first-order valence-electron chi connectivity index (χ1n) is 10.6. The van der Waals surface area contributed by atoms with Crippen molar-refractivity contribution in [1.82, 2.24) is 9.88 Å². The fourth-order valence-electron chi connectivity index (χ4n) is 4.61. The molecule has 0 aromatic carbocycles. The third-order valence-electron chi connectivity index (χ3n) is 6.61. The van der Waals surface area contributed by atoms with E-state index < -0.39 is 0 Å². The summed E-state index contributed by atoms with van der Waals surface area (Å²) in [5.74, 6) is 0. The number of aromatic nitrogens is 1. The highest BCUT2D eigenvalue weighted by molar-refractivity contribution is 7.19. The van der Waals surface area contributed by atoms with Crippen LogP contribution >= 0.6 is 22.9 Å². The molecule has 3 aliphatic rings. The smallest absolute Gasteiger partial charge is 0.187 e. The number of anilines is 1. The lowest BCUT2D eigenvalue weighted by Gasteiger charge is -2.40. The molecule has 0 bridgehead atoms. The average Bonchev–Trinajstić information content (AvgIpc) is 3.22. The van der Waals surface area contributed by atoms with E-state index in [4.69, 9.17) is 26.3 Å². The van der Waals surface area contributed by atoms with Crippen LogP contribution in [0.1, 0.15) is 53.2 Å². The number of ether oxygens (including phenoxy) is 1. The SMILES string of the molecule is CCC(CC)N1C=C(C)[C@]2(C)N=C(c3nc(N4CCOCC4)sc3Cl)C(C)=CC12. The number of dihydropyridines is 1. The molecule has 29 heavy (non-hydrogen) atoms. The van der Waals surface area contributed by atoms with Crippen molar-refractivity contribution in [3.8, 4) is 0 Å². The molecule has 0 aliphatic carbocycles. The molecule has 1 aromatic heterocycles. The molecule has 3 aliphatic heterocycles. The molecule has 0 saturated carbocycles. The van der Waals surface area contributed by atoms with Gasteiger partial charge in [-0.05, 0) is 44.8 Å². The Hall–Kier alpha value is -1.37. The van der Waals surface area contributed by atoms with Crippen LogP contribution in [0.3, 0.4) is 0 Å². The van der Waals surface area contributed by atoms with E-state index in [0.717, 1.165) is 65.6 Å². The summed E-state index contributed by atoms with van der Waals surface area (Å²) in [5, 5.41) is 0.966. The summed E-state index contributed by atoms with van der Waals surface area (Å²) in [6.45, 7) is 14.3. The van der Waals surface area contributed by atoms with Crippen LogP contribution in [0, 0.1) is 0 Å². The Balaban J connectivity index is 1.69. The van der Waals surface area contributed by atoms with Gasteiger partial charge in [0.15, 0.2) is 5.13 Å². The van der Waals surface area contributed by atoms with Gasteiger partial charge in [-0.25, -0.2) is 4.98 Å². The van der Waals surface area contributed by atoms with Crippen LogP contribution in [-0.2, 0) is 4.74 Å². The Morgan fingerprint density at radius 3 is 2.62 bits per heavy atom. The van der Waals surface area contributed by atoms with Gasteiger partial charge in [0, 0.05) is 25.3 Å². The van der Waals surface area contributed by atoms with Crippen molar-refractivity contribution in [3.63, 3.8) is 0 Å². The molecular weight excluding hydrogens is 404 g/mol. The number of aliphatic imine (C=N–C) groups is 1. The topological polar surface area (TPSA) is 41.0 Å². The van der Waals surface area contributed by atoms with Gasteiger partial charge in [-0.2, -0.15) is 0 Å². The molecule has 158 valence electrons. The van der Waals surface area contributed by atoms with Crippen LogP contribution in [0.15, 0.2) is 28.4 Å². The van der Waals surface area contributed by atoms with Gasteiger partial charge in [0.05, 0.1) is 25.0 Å². The van der Waals surface area contributed by atoms with E-state index in [1.807, 2.05) is 0 Å². The number of allylic oxidation sites excluding steroid dienone is 1. The van der Waals surface area contributed by atoms with Crippen LogP contribution in [0.4, 0.5) is 5.13 Å². The summed E-state index contributed by atoms with van der Waals surface area (Å²) in [4.78, 5) is 15.0. The number of hydrogen-bond donors (Lipinski definition) is 0. The minimum absolute atomic E-state index is 0.257. The molecule has 5 nitrogen and oxygen atoms in total. The second-order valence-corrected chi connectivity index (χ2v) is 9.93. The Labute approximate surface area is 183 Å². The van der Waals surface area contributed by atoms with E-state index in [9.17, 15) is 0 Å². The number of nitrogens with zero attached hydrogens (tertiary/aromatic N) is 4. The first-order chi connectivity index (χ1) is 13.9. The summed E-state index contributed by atoms with van der Waals surface area (Å²) < 4.78 is 6.19. The lowest BCUT2D eigenvalue weighted by atomic mass is 9.83. The molecule has 1 fully saturated rings. The lowest BCUT2D eigenvalue weighted by molar-refractivity contribution is 0.122. The molecule has 0 N–H and O–H groups in total. The molecule has 1 aromatic rings. The third-order valence-corrected chi connectivity index (χ3v) is 7.92. The van der Waals surface area contributed by atoms with E-state index in [-0.39, 0.29) is 11.6 Å². The number of hydrogen-bond acceptors (Lipinski definition) is 6. The molecule has 7 heteroatoms. The highest BCUT2D eigenvalue weighted by Crippen LogP contribution is 2.43. The van der Waals surface area contributed by atoms with Gasteiger partial charge in [-0.3, -0.25) is 4.99 Å². The molecule has 4 heterocycles. The number of rotatable bonds is 5. The highest BCUT2D eigenvalue weighted by Gasteiger charge is 2.47. The first-order valence-corrected chi connectivity index (χ1v) is 11.8. The summed E-state index contributed by atoms with van der Waals surface area (Å²) in [6.07, 6.45) is 6.96. The highest BCUT2D eigenvalue weighted by atomic mass is 35.5. The van der Waals surface area contributed by atoms with Gasteiger partial charge in [0.25, 0.3) is 0 Å². The molecule has 0 amide bonds. The van der Waals surface area contributed by atoms with Crippen LogP contribution < -0.4 is 4.90 Å². The Morgan fingerprint density at radius 1 is 1.28 bits per heavy atom. The van der Waals surface area contributed by atoms with Crippen LogP contribution in [0.2, 0.25) is 4.34 Å². The van der Waals surface area contributed by atoms with Gasteiger partial charge in [0.1, 0.15) is 15.6 Å². The maximum Gasteiger partial charge on any atom is 0.187 e. The summed E-state index contributed by atoms with van der Waals surface area (Å²) in [6, 6.07) is 0.792. The molecule has 1 saturated heterocycles. The zero-order chi connectivity index (χ0) is 20.8. The van der Waals surface area contributed by atoms with Gasteiger partial charge in [-0.1, -0.05) is 42.9 Å². The number of fused-ring (bicyclic) bond motifs is 1. The first kappa shape index (κ1) is 20.9. The standard InChI is InChI=1S/C22H31ClN4OS/c1-6-16(7-2)27-13-15(4)22(5)17(27)12-14(3)18(25-22)19-20(23)29-21(24-19)26-8-10-28-11-9-26/h12-13,16-17H,6-11H2,1-5H3/t17?,22-/m0/s1. The quantitative estimate of drug-likeness (QED) is 0.659. The maximum atomic E-state index is 6.68. The van der Waals surface area contributed by atoms with Crippen molar-refractivity contribution in [2.45, 2.75) is 65.1 Å². The van der Waals surface area contributed by atoms with Crippen LogP contribution in [-0.4, -0.2) is 59.5 Å². The van der Waals surface area contributed by atoms with Crippen molar-refractivity contribution in [1.29, 1.82) is 0 Å². The Morgan fingerprint density at radius 2 is 1.97 bits per heavy atom. The van der Waals surface area contributed by atoms with E-state index in [1.54, 1.807) is 11.3 Å². The molecule has 0 spiro atoms. The summed E-state index contributed by atoms with van der Waals surface area (Å²) in [7, 11) is 0. The molecule has 4 rings (SSSR count). The van der Waals surface area contributed by atoms with E-state index >= 15 is 0 Å². The normalized spacial score (nSPS) is 27.1. The van der Waals surface area contributed by atoms with E-state index in [2.05, 4.69) is 56.7 Å². The Bertz CT molecular complexity index is 866. The van der Waals surface area contributed by atoms with Crippen molar-refractivity contribution in [2.75, 3.05) is 31.2 Å². The monoisotopic (exact) mass is 434 g/mol. The number of morpholine rings is 1. The minimum atomic E-state index is -0.274. The maximum absolute atomic E-state index is 6.68. The van der Waals surface area contributed by atoms with Gasteiger partial charge < -0.3 is 14.5 Å². The largest absolute Gasteiger partial charge is 0.378 e. The van der Waals surface area contributed by atoms with Crippen molar-refractivity contribution in [3.05, 3.63) is 33.5 Å². The molecule has 1 unspecified atom stereocenters. The van der Waals surface area contributed by atoms with Crippen LogP contribution in [0.25, 0.3) is 0 Å². The van der Waals surface area contributed by atoms with Crippen molar-refractivity contribution < 1.29 is 4.74 Å². The third kappa shape index (κ3) is 3.53. The minimum Gasteiger partial charge on any atom is -0.378 e. The second-order valence-electron chi connectivity index (χ2n) is 8.35. The summed E-state index contributed by atoms with van der Waals surface area (Å²) >= 11 is 8.22.